The third kappa shape index (κ3) is 4.14. The van der Waals surface area contributed by atoms with Crippen LogP contribution < -0.4 is 10.6 Å². The van der Waals surface area contributed by atoms with E-state index >= 15 is 0 Å². The van der Waals surface area contributed by atoms with Crippen molar-refractivity contribution >= 4 is 22.6 Å². The van der Waals surface area contributed by atoms with E-state index in [-0.39, 0.29) is 5.69 Å². The highest BCUT2D eigenvalue weighted by molar-refractivity contribution is 5.88. The molecule has 0 radical (unpaired) electrons. The highest BCUT2D eigenvalue weighted by Crippen LogP contribution is 2.33. The predicted molar refractivity (Wildman–Crippen MR) is 136 cm³/mol. The second-order valence-corrected chi connectivity index (χ2v) is 10.0. The number of H-pyrrole nitrogens is 1. The molecule has 0 amide bonds. The summed E-state index contributed by atoms with van der Waals surface area (Å²) in [6.07, 6.45) is 4.78. The number of nitrogens with one attached hydrogen (secondary N) is 1. The number of aromatic amines is 1. The number of hydrogen-bond acceptors (Lipinski definition) is 7. The minimum absolute atomic E-state index is 0.270. The van der Waals surface area contributed by atoms with Crippen molar-refractivity contribution in [2.45, 2.75) is 25.8 Å². The van der Waals surface area contributed by atoms with E-state index in [1.54, 1.807) is 21.4 Å². The molecule has 5 heterocycles. The molecule has 5 aromatic rings. The molecule has 0 atom stereocenters. The zero-order valence-corrected chi connectivity index (χ0v) is 20.6. The van der Waals surface area contributed by atoms with Crippen LogP contribution in [0.4, 0.5) is 14.5 Å². The van der Waals surface area contributed by atoms with E-state index in [4.69, 9.17) is 19.4 Å². The van der Waals surface area contributed by atoms with Crippen molar-refractivity contribution < 1.29 is 13.2 Å². The van der Waals surface area contributed by atoms with Crippen LogP contribution in [0.2, 0.25) is 0 Å². The molecule has 0 unspecified atom stereocenters. The number of halogens is 2. The first kappa shape index (κ1) is 23.1. The Morgan fingerprint density at radius 2 is 1.87 bits per heavy atom. The Morgan fingerprint density at radius 3 is 2.61 bits per heavy atom. The maximum absolute atomic E-state index is 14.2. The van der Waals surface area contributed by atoms with Gasteiger partial charge in [0.1, 0.15) is 28.7 Å². The van der Waals surface area contributed by atoms with Gasteiger partial charge in [0.25, 0.3) is 0 Å². The molecule has 2 fully saturated rings. The molecule has 196 valence electrons. The molecule has 1 aromatic carbocycles. The normalized spacial score (nSPS) is 16.7. The highest BCUT2D eigenvalue weighted by atomic mass is 19.1. The maximum Gasteiger partial charge on any atom is 0.343 e. The minimum Gasteiger partial charge on any atom is -0.463 e. The van der Waals surface area contributed by atoms with Crippen LogP contribution in [0.1, 0.15) is 18.7 Å². The summed E-state index contributed by atoms with van der Waals surface area (Å²) in [6, 6.07) is 7.32. The molecule has 38 heavy (non-hydrogen) atoms. The van der Waals surface area contributed by atoms with Crippen molar-refractivity contribution in [3.8, 4) is 11.5 Å². The van der Waals surface area contributed by atoms with Crippen LogP contribution in [0.5, 0.6) is 0 Å². The van der Waals surface area contributed by atoms with E-state index < -0.39 is 11.6 Å². The van der Waals surface area contributed by atoms with E-state index in [0.29, 0.717) is 79.3 Å². The van der Waals surface area contributed by atoms with Gasteiger partial charge >= 0.3 is 5.69 Å². The van der Waals surface area contributed by atoms with Gasteiger partial charge in [-0.2, -0.15) is 4.98 Å². The fraction of sp³-hybridized carbons (Fsp3) is 0.385. The van der Waals surface area contributed by atoms with Gasteiger partial charge in [-0.25, -0.2) is 33.2 Å². The first-order chi connectivity index (χ1) is 18.5. The molecule has 12 heteroatoms. The number of furan rings is 1. The van der Waals surface area contributed by atoms with Crippen molar-refractivity contribution in [3.63, 3.8) is 0 Å². The zero-order valence-electron chi connectivity index (χ0n) is 20.6. The molecule has 4 aromatic heterocycles. The van der Waals surface area contributed by atoms with Gasteiger partial charge in [0.2, 0.25) is 5.78 Å². The second-order valence-electron chi connectivity index (χ2n) is 10.0. The van der Waals surface area contributed by atoms with Crippen molar-refractivity contribution in [1.29, 1.82) is 0 Å². The molecule has 7 rings (SSSR count). The van der Waals surface area contributed by atoms with Gasteiger partial charge in [0, 0.05) is 51.8 Å². The monoisotopic (exact) mass is 520 g/mol. The lowest BCUT2D eigenvalue weighted by molar-refractivity contribution is 0.247. The van der Waals surface area contributed by atoms with Gasteiger partial charge in [0.05, 0.1) is 12.0 Å². The number of aromatic nitrogens is 6. The molecule has 0 bridgehead atoms. The van der Waals surface area contributed by atoms with Gasteiger partial charge in [0.15, 0.2) is 11.4 Å². The lowest BCUT2D eigenvalue weighted by atomic mass is 10.2. The SMILES string of the molecule is O=c1[nH]n2c3c(-c4ccco4)nc(CC4CC4)nc3nc2n1CCN1CCN(c2ccc(F)cc2F)CC1. The first-order valence-electron chi connectivity index (χ1n) is 12.9. The third-order valence-corrected chi connectivity index (χ3v) is 7.42. The van der Waals surface area contributed by atoms with Crippen LogP contribution in [-0.4, -0.2) is 66.8 Å². The van der Waals surface area contributed by atoms with Crippen LogP contribution in [-0.2, 0) is 13.0 Å². The van der Waals surface area contributed by atoms with E-state index in [1.807, 2.05) is 11.0 Å². The van der Waals surface area contributed by atoms with Crippen LogP contribution in [0.3, 0.4) is 0 Å². The van der Waals surface area contributed by atoms with Gasteiger partial charge < -0.3 is 9.32 Å². The molecule has 0 spiro atoms. The summed E-state index contributed by atoms with van der Waals surface area (Å²) in [4.78, 5) is 31.3. The number of piperazine rings is 1. The standard InChI is InChI=1S/C26H26F2N8O2/c27-17-5-6-19(18(28)15-17)34-10-7-33(8-11-34)9-12-35-25-31-24-23(36(25)32-26(35)37)22(20-2-1-13-38-20)29-21(30-24)14-16-3-4-16/h1-2,5-6,13,15-16H,3-4,7-12,14H2,(H,32,37). The summed E-state index contributed by atoms with van der Waals surface area (Å²) in [5, 5.41) is 2.89. The first-order valence-corrected chi connectivity index (χ1v) is 12.9. The Morgan fingerprint density at radius 1 is 1.03 bits per heavy atom. The topological polar surface area (TPSA) is 100 Å². The predicted octanol–water partition coefficient (Wildman–Crippen LogP) is 3.08. The Labute approximate surface area is 215 Å². The molecule has 10 nitrogen and oxygen atoms in total. The van der Waals surface area contributed by atoms with Gasteiger partial charge in [-0.15, -0.1) is 0 Å². The average molecular weight is 521 g/mol. The Bertz CT molecular complexity index is 1680. The van der Waals surface area contributed by atoms with E-state index in [0.717, 1.165) is 18.3 Å². The van der Waals surface area contributed by atoms with Crippen LogP contribution in [0, 0.1) is 17.6 Å². The average Bonchev–Trinajstić information content (AvgIpc) is 3.29. The van der Waals surface area contributed by atoms with E-state index in [1.165, 1.54) is 25.0 Å². The van der Waals surface area contributed by atoms with Crippen LogP contribution >= 0.6 is 0 Å². The molecule has 2 aliphatic rings. The summed E-state index contributed by atoms with van der Waals surface area (Å²) in [5.74, 6) is 1.28. The lowest BCUT2D eigenvalue weighted by Gasteiger charge is -2.36. The van der Waals surface area contributed by atoms with Crippen LogP contribution in [0.15, 0.2) is 45.8 Å². The molecular weight excluding hydrogens is 494 g/mol. The number of hydrogen-bond donors (Lipinski definition) is 1. The van der Waals surface area contributed by atoms with Crippen molar-refractivity contribution in [2.75, 3.05) is 37.6 Å². The van der Waals surface area contributed by atoms with Crippen LogP contribution in [0.25, 0.3) is 28.4 Å². The lowest BCUT2D eigenvalue weighted by Crippen LogP contribution is -2.47. The molecule has 1 saturated carbocycles. The summed E-state index contributed by atoms with van der Waals surface area (Å²) in [7, 11) is 0. The number of rotatable bonds is 7. The quantitative estimate of drug-likeness (QED) is 0.352. The maximum atomic E-state index is 14.2. The van der Waals surface area contributed by atoms with Crippen molar-refractivity contribution in [2.24, 2.45) is 5.92 Å². The summed E-state index contributed by atoms with van der Waals surface area (Å²) >= 11 is 0. The van der Waals surface area contributed by atoms with E-state index in [9.17, 15) is 13.6 Å². The molecular formula is C26H26F2N8O2. The number of anilines is 1. The number of nitrogens with zero attached hydrogens (tertiary/aromatic N) is 7. The molecule has 1 saturated heterocycles. The number of fused-ring (bicyclic) bond motifs is 3. The second kappa shape index (κ2) is 9.05. The fourth-order valence-corrected chi connectivity index (χ4v) is 5.20. The number of imidazole rings is 1. The molecule has 1 N–H and O–H groups in total. The van der Waals surface area contributed by atoms with Crippen molar-refractivity contribution in [3.05, 3.63) is 64.5 Å². The smallest absolute Gasteiger partial charge is 0.343 e. The Kier molecular flexibility index (Phi) is 5.50. The third-order valence-electron chi connectivity index (χ3n) is 7.42. The van der Waals surface area contributed by atoms with Gasteiger partial charge in [-0.05, 0) is 43.0 Å². The Balaban J connectivity index is 1.13. The zero-order chi connectivity index (χ0) is 25.8. The summed E-state index contributed by atoms with van der Waals surface area (Å²) in [6.45, 7) is 3.67. The summed E-state index contributed by atoms with van der Waals surface area (Å²) in [5.41, 5.74) is 1.89. The van der Waals surface area contributed by atoms with Gasteiger partial charge in [-0.3, -0.25) is 9.47 Å². The Hall–Kier alpha value is -4.06. The van der Waals surface area contributed by atoms with Crippen molar-refractivity contribution in [1.82, 2.24) is 34.0 Å². The minimum atomic E-state index is -0.582. The highest BCUT2D eigenvalue weighted by Gasteiger charge is 2.26. The van der Waals surface area contributed by atoms with Gasteiger partial charge in [-0.1, -0.05) is 0 Å². The van der Waals surface area contributed by atoms with E-state index in [2.05, 4.69) is 10.00 Å². The largest absolute Gasteiger partial charge is 0.463 e. The molecule has 1 aliphatic heterocycles. The molecule has 1 aliphatic carbocycles. The number of benzene rings is 1. The summed E-state index contributed by atoms with van der Waals surface area (Å²) < 4.78 is 36.4. The fourth-order valence-electron chi connectivity index (χ4n) is 5.20.